The van der Waals surface area contributed by atoms with E-state index in [4.69, 9.17) is 0 Å². The van der Waals surface area contributed by atoms with Gasteiger partial charge in [-0.25, -0.2) is 4.39 Å². The SMILES string of the molecule is O=C(c1ccc(F)cc1)N1CCCC1C1CCCCC1. The van der Waals surface area contributed by atoms with E-state index < -0.39 is 0 Å². The molecule has 1 heterocycles. The summed E-state index contributed by atoms with van der Waals surface area (Å²) in [5, 5.41) is 0. The minimum Gasteiger partial charge on any atom is -0.335 e. The van der Waals surface area contributed by atoms with Crippen molar-refractivity contribution in [2.45, 2.75) is 51.0 Å². The predicted octanol–water partition coefficient (Wildman–Crippen LogP) is 4.01. The van der Waals surface area contributed by atoms with Gasteiger partial charge in [0.05, 0.1) is 0 Å². The smallest absolute Gasteiger partial charge is 0.254 e. The largest absolute Gasteiger partial charge is 0.335 e. The third kappa shape index (κ3) is 2.72. The maximum absolute atomic E-state index is 13.0. The van der Waals surface area contributed by atoms with Crippen molar-refractivity contribution in [2.75, 3.05) is 6.54 Å². The zero-order chi connectivity index (χ0) is 13.9. The molecule has 0 aromatic heterocycles. The van der Waals surface area contributed by atoms with Crippen molar-refractivity contribution in [3.63, 3.8) is 0 Å². The van der Waals surface area contributed by atoms with Gasteiger partial charge in [0.2, 0.25) is 0 Å². The zero-order valence-electron chi connectivity index (χ0n) is 11.9. The van der Waals surface area contributed by atoms with Crippen LogP contribution in [0.25, 0.3) is 0 Å². The highest BCUT2D eigenvalue weighted by molar-refractivity contribution is 5.94. The van der Waals surface area contributed by atoms with Gasteiger partial charge in [0.15, 0.2) is 0 Å². The van der Waals surface area contributed by atoms with E-state index in [1.54, 1.807) is 12.1 Å². The van der Waals surface area contributed by atoms with E-state index in [0.29, 0.717) is 17.5 Å². The molecule has 3 heteroatoms. The van der Waals surface area contributed by atoms with E-state index in [2.05, 4.69) is 0 Å². The van der Waals surface area contributed by atoms with Gasteiger partial charge in [0, 0.05) is 18.2 Å². The number of carbonyl (C=O) groups is 1. The number of nitrogens with zero attached hydrogens (tertiary/aromatic N) is 1. The molecule has 1 aliphatic carbocycles. The molecule has 0 radical (unpaired) electrons. The molecule has 0 bridgehead atoms. The summed E-state index contributed by atoms with van der Waals surface area (Å²) in [4.78, 5) is 14.7. The lowest BCUT2D eigenvalue weighted by Crippen LogP contribution is -2.40. The number of halogens is 1. The van der Waals surface area contributed by atoms with Crippen molar-refractivity contribution in [2.24, 2.45) is 5.92 Å². The molecule has 108 valence electrons. The zero-order valence-corrected chi connectivity index (χ0v) is 11.9. The number of amides is 1. The van der Waals surface area contributed by atoms with Gasteiger partial charge >= 0.3 is 0 Å². The van der Waals surface area contributed by atoms with Crippen molar-refractivity contribution in [3.05, 3.63) is 35.6 Å². The van der Waals surface area contributed by atoms with Crippen LogP contribution in [0.5, 0.6) is 0 Å². The van der Waals surface area contributed by atoms with Crippen molar-refractivity contribution in [1.29, 1.82) is 0 Å². The Morgan fingerprint density at radius 2 is 1.70 bits per heavy atom. The standard InChI is InChI=1S/C17H22FNO/c18-15-10-8-14(9-11-15)17(20)19-12-4-7-16(19)13-5-2-1-3-6-13/h8-11,13,16H,1-7,12H2. The Morgan fingerprint density at radius 3 is 2.40 bits per heavy atom. The second-order valence-corrected chi connectivity index (χ2v) is 6.11. The molecule has 2 aliphatic rings. The van der Waals surface area contributed by atoms with Gasteiger partial charge in [0.25, 0.3) is 5.91 Å². The van der Waals surface area contributed by atoms with Gasteiger partial charge in [-0.15, -0.1) is 0 Å². The lowest BCUT2D eigenvalue weighted by atomic mass is 9.83. The first-order chi connectivity index (χ1) is 9.75. The first-order valence-electron chi connectivity index (χ1n) is 7.82. The van der Waals surface area contributed by atoms with Crippen molar-refractivity contribution < 1.29 is 9.18 Å². The summed E-state index contributed by atoms with van der Waals surface area (Å²) in [6.07, 6.45) is 8.72. The highest BCUT2D eigenvalue weighted by Gasteiger charge is 2.35. The second kappa shape index (κ2) is 5.94. The molecule has 3 rings (SSSR count). The summed E-state index contributed by atoms with van der Waals surface area (Å²) < 4.78 is 13.0. The Balaban J connectivity index is 1.74. The van der Waals surface area contributed by atoms with Gasteiger partial charge in [-0.05, 0) is 55.9 Å². The highest BCUT2D eigenvalue weighted by Crippen LogP contribution is 2.34. The van der Waals surface area contributed by atoms with Crippen LogP contribution in [-0.4, -0.2) is 23.4 Å². The summed E-state index contributed by atoms with van der Waals surface area (Å²) in [5.41, 5.74) is 0.620. The number of carbonyl (C=O) groups excluding carboxylic acids is 1. The van der Waals surface area contributed by atoms with E-state index in [-0.39, 0.29) is 11.7 Å². The molecule has 1 saturated heterocycles. The molecule has 1 aromatic rings. The lowest BCUT2D eigenvalue weighted by Gasteiger charge is -2.34. The van der Waals surface area contributed by atoms with E-state index in [1.165, 1.54) is 44.2 Å². The van der Waals surface area contributed by atoms with Crippen molar-refractivity contribution in [1.82, 2.24) is 4.90 Å². The topological polar surface area (TPSA) is 20.3 Å². The Kier molecular flexibility index (Phi) is 4.04. The molecule has 1 saturated carbocycles. The van der Waals surface area contributed by atoms with Crippen LogP contribution in [0, 0.1) is 11.7 Å². The molecular weight excluding hydrogens is 253 g/mol. The number of rotatable bonds is 2. The third-order valence-electron chi connectivity index (χ3n) is 4.85. The Morgan fingerprint density at radius 1 is 1.00 bits per heavy atom. The number of hydrogen-bond donors (Lipinski definition) is 0. The first-order valence-corrected chi connectivity index (χ1v) is 7.82. The maximum atomic E-state index is 13.0. The average molecular weight is 275 g/mol. The molecule has 1 unspecified atom stereocenters. The second-order valence-electron chi connectivity index (χ2n) is 6.11. The molecule has 1 amide bonds. The van der Waals surface area contributed by atoms with E-state index >= 15 is 0 Å². The fourth-order valence-corrected chi connectivity index (χ4v) is 3.81. The Labute approximate surface area is 120 Å². The van der Waals surface area contributed by atoms with Crippen LogP contribution in [0.1, 0.15) is 55.3 Å². The van der Waals surface area contributed by atoms with Crippen molar-refractivity contribution >= 4 is 5.91 Å². The van der Waals surface area contributed by atoms with Crippen molar-refractivity contribution in [3.8, 4) is 0 Å². The van der Waals surface area contributed by atoms with Gasteiger partial charge in [-0.2, -0.15) is 0 Å². The monoisotopic (exact) mass is 275 g/mol. The molecule has 20 heavy (non-hydrogen) atoms. The highest BCUT2D eigenvalue weighted by atomic mass is 19.1. The van der Waals surface area contributed by atoms with Crippen LogP contribution in [0.3, 0.4) is 0 Å². The predicted molar refractivity (Wildman–Crippen MR) is 77.0 cm³/mol. The van der Waals surface area contributed by atoms with Gasteiger partial charge in [-0.3, -0.25) is 4.79 Å². The molecular formula is C17H22FNO. The Hall–Kier alpha value is -1.38. The van der Waals surface area contributed by atoms with Gasteiger partial charge in [0.1, 0.15) is 5.82 Å². The lowest BCUT2D eigenvalue weighted by molar-refractivity contribution is 0.0661. The summed E-state index contributed by atoms with van der Waals surface area (Å²) in [5.74, 6) is 0.473. The fourth-order valence-electron chi connectivity index (χ4n) is 3.81. The minimum atomic E-state index is -0.285. The quantitative estimate of drug-likeness (QED) is 0.798. The van der Waals surface area contributed by atoms with Gasteiger partial charge in [-0.1, -0.05) is 19.3 Å². The number of hydrogen-bond acceptors (Lipinski definition) is 1. The van der Waals surface area contributed by atoms with Crippen LogP contribution in [0.2, 0.25) is 0 Å². The number of benzene rings is 1. The summed E-state index contributed by atoms with van der Waals surface area (Å²) in [6.45, 7) is 0.859. The summed E-state index contributed by atoms with van der Waals surface area (Å²) >= 11 is 0. The molecule has 0 spiro atoms. The molecule has 1 atom stereocenters. The van der Waals surface area contributed by atoms with E-state index in [0.717, 1.165) is 19.4 Å². The Bertz CT molecular complexity index is 464. The molecule has 2 fully saturated rings. The normalized spacial score (nSPS) is 24.1. The molecule has 0 N–H and O–H groups in total. The van der Waals surface area contributed by atoms with E-state index in [1.807, 2.05) is 4.90 Å². The first kappa shape index (κ1) is 13.6. The molecule has 1 aromatic carbocycles. The maximum Gasteiger partial charge on any atom is 0.254 e. The van der Waals surface area contributed by atoms with Crippen LogP contribution >= 0.6 is 0 Å². The van der Waals surface area contributed by atoms with E-state index in [9.17, 15) is 9.18 Å². The number of likely N-dealkylation sites (tertiary alicyclic amines) is 1. The van der Waals surface area contributed by atoms with Crippen LogP contribution in [-0.2, 0) is 0 Å². The van der Waals surface area contributed by atoms with Crippen LogP contribution in [0.15, 0.2) is 24.3 Å². The fraction of sp³-hybridized carbons (Fsp3) is 0.588. The average Bonchev–Trinajstić information content (AvgIpc) is 2.97. The summed E-state index contributed by atoms with van der Waals surface area (Å²) in [6, 6.07) is 6.37. The summed E-state index contributed by atoms with van der Waals surface area (Å²) in [7, 11) is 0. The molecule has 1 aliphatic heterocycles. The van der Waals surface area contributed by atoms with Gasteiger partial charge < -0.3 is 4.90 Å². The third-order valence-corrected chi connectivity index (χ3v) is 4.85. The van der Waals surface area contributed by atoms with Crippen LogP contribution < -0.4 is 0 Å². The molecule has 2 nitrogen and oxygen atoms in total. The minimum absolute atomic E-state index is 0.0815. The van der Waals surface area contributed by atoms with Crippen LogP contribution in [0.4, 0.5) is 4.39 Å².